The van der Waals surface area contributed by atoms with Gasteiger partial charge >= 0.3 is 0 Å². The third-order valence-corrected chi connectivity index (χ3v) is 23.6. The highest BCUT2D eigenvalue weighted by Gasteiger charge is 2.27. The standard InChI is InChI=1S/C16H26ClO2P.C16H26NO4P.C16H27O2P.C14H22ClO2P/c1-3-5-9-13-20(18,14-10-6-4-2)19-16-12-8-7-11-15(16)17;1-3-5-7-13-22(20,14-8-6-4-2)21-16-11-9-15(10-12-16)17(18)19;1-3-5-10-14-19(17,15-11-6-4-2)18-16-12-8-7-9-13-16;1-3-5-11-18(16,12-6-4-2)17-14-10-8-7-9-13(14)15/h7-8,11-12H,3-6,9-10,13-14H2,1-2H3;9-12H,3-8,13-14H2,1-2H3;7-9,12-13H,3-6,10-11,14-15H2,1-2H3;7-10H,3-6,11-12H2,1-2H3. The molecule has 0 unspecified atom stereocenters. The monoisotopic (exact) mass is 1210 g/mol. The number of nitro benzene ring substituents is 1. The fraction of sp³-hybridized carbons (Fsp3) is 0.613. The molecule has 0 bridgehead atoms. The van der Waals surface area contributed by atoms with Crippen LogP contribution in [0.1, 0.15) is 197 Å². The number of rotatable bonds is 39. The van der Waals surface area contributed by atoms with Crippen LogP contribution in [-0.4, -0.2) is 54.2 Å². The van der Waals surface area contributed by atoms with Crippen LogP contribution in [0.3, 0.4) is 0 Å². The van der Waals surface area contributed by atoms with Crippen molar-refractivity contribution < 1.29 is 41.3 Å². The van der Waals surface area contributed by atoms with Crippen molar-refractivity contribution in [3.05, 3.63) is 123 Å². The molecular formula is C62H101Cl2NO10P4. The molecule has 0 fully saturated rings. The largest absolute Gasteiger partial charge is 0.443 e. The summed E-state index contributed by atoms with van der Waals surface area (Å²) in [6.07, 6.45) is 28.2. The van der Waals surface area contributed by atoms with E-state index in [1.807, 2.05) is 54.6 Å². The van der Waals surface area contributed by atoms with Gasteiger partial charge < -0.3 is 18.1 Å². The van der Waals surface area contributed by atoms with Crippen LogP contribution in [0, 0.1) is 10.1 Å². The average Bonchev–Trinajstić information content (AvgIpc) is 3.44. The van der Waals surface area contributed by atoms with Crippen LogP contribution < -0.4 is 18.1 Å². The van der Waals surface area contributed by atoms with E-state index in [9.17, 15) is 28.4 Å². The van der Waals surface area contributed by atoms with Crippen LogP contribution in [0.5, 0.6) is 23.0 Å². The molecule has 0 amide bonds. The predicted molar refractivity (Wildman–Crippen MR) is 341 cm³/mol. The molecule has 0 aliphatic carbocycles. The number of para-hydroxylation sites is 3. The van der Waals surface area contributed by atoms with Crippen molar-refractivity contribution in [3.63, 3.8) is 0 Å². The molecule has 17 heteroatoms. The number of non-ortho nitro benzene ring substituents is 1. The summed E-state index contributed by atoms with van der Waals surface area (Å²) in [6, 6.07) is 30.0. The minimum atomic E-state index is -2.71. The maximum atomic E-state index is 13.0. The van der Waals surface area contributed by atoms with E-state index < -0.39 is 34.4 Å². The Morgan fingerprint density at radius 3 is 0.873 bits per heavy atom. The number of benzene rings is 4. The maximum absolute atomic E-state index is 13.0. The molecule has 0 aromatic heterocycles. The zero-order chi connectivity index (χ0) is 58.7. The number of hydrogen-bond acceptors (Lipinski definition) is 10. The molecule has 0 N–H and O–H groups in total. The number of nitrogens with zero attached hydrogens (tertiary/aromatic N) is 1. The van der Waals surface area contributed by atoms with E-state index in [2.05, 4.69) is 55.4 Å². The molecule has 4 aromatic rings. The smallest absolute Gasteiger partial charge is 0.269 e. The molecule has 0 atom stereocenters. The summed E-state index contributed by atoms with van der Waals surface area (Å²) in [6.45, 7) is 17.0. The first kappa shape index (κ1) is 74.0. The molecule has 4 rings (SSSR count). The number of hydrogen-bond donors (Lipinski definition) is 0. The lowest BCUT2D eigenvalue weighted by atomic mass is 10.3. The van der Waals surface area contributed by atoms with E-state index in [0.717, 1.165) is 159 Å². The first-order valence-electron chi connectivity index (χ1n) is 29.8. The normalized spacial score (nSPS) is 11.5. The van der Waals surface area contributed by atoms with Gasteiger partial charge in [0.2, 0.25) is 29.5 Å². The predicted octanol–water partition coefficient (Wildman–Crippen LogP) is 23.3. The SMILES string of the molecule is CCCCCP(=O)(CCCCC)Oc1ccc([N+](=O)[O-])cc1.CCCCCP(=O)(CCCCC)Oc1ccccc1.CCCCCP(=O)(CCCCC)Oc1ccccc1Cl.CCCCP(=O)(CCCC)Oc1ccccc1Cl. The molecule has 0 radical (unpaired) electrons. The second kappa shape index (κ2) is 44.5. The van der Waals surface area contributed by atoms with Crippen LogP contribution in [0.2, 0.25) is 10.0 Å². The zero-order valence-corrected chi connectivity index (χ0v) is 54.7. The average molecular weight is 1220 g/mol. The summed E-state index contributed by atoms with van der Waals surface area (Å²) in [5.41, 5.74) is 0.0131. The third-order valence-electron chi connectivity index (χ3n) is 12.9. The van der Waals surface area contributed by atoms with Crippen molar-refractivity contribution >= 4 is 58.4 Å². The summed E-state index contributed by atoms with van der Waals surface area (Å²) in [5.74, 6) is 2.32. The Balaban J connectivity index is 0.000000528. The molecule has 4 aromatic carbocycles. The van der Waals surface area contributed by atoms with E-state index in [1.54, 1.807) is 24.3 Å². The molecule has 0 spiro atoms. The molecule has 11 nitrogen and oxygen atoms in total. The molecule has 79 heavy (non-hydrogen) atoms. The highest BCUT2D eigenvalue weighted by atomic mass is 35.5. The Morgan fingerprint density at radius 2 is 0.595 bits per heavy atom. The molecular weight excluding hydrogens is 1110 g/mol. The van der Waals surface area contributed by atoms with Gasteiger partial charge in [0.05, 0.1) is 15.0 Å². The van der Waals surface area contributed by atoms with Crippen LogP contribution in [-0.2, 0) is 18.3 Å². The van der Waals surface area contributed by atoms with Crippen LogP contribution in [0.4, 0.5) is 5.69 Å². The summed E-state index contributed by atoms with van der Waals surface area (Å²) in [7, 11) is -10.4. The summed E-state index contributed by atoms with van der Waals surface area (Å²) in [5, 5.41) is 11.7. The van der Waals surface area contributed by atoms with Gasteiger partial charge in [0.1, 0.15) is 23.0 Å². The number of nitro groups is 1. The maximum Gasteiger partial charge on any atom is 0.269 e. The Labute approximate surface area is 489 Å². The molecule has 0 saturated heterocycles. The molecule has 0 saturated carbocycles. The first-order valence-corrected chi connectivity index (χ1v) is 38.6. The third kappa shape index (κ3) is 34.9. The molecule has 448 valence electrons. The van der Waals surface area contributed by atoms with Crippen molar-refractivity contribution in [1.82, 2.24) is 0 Å². The van der Waals surface area contributed by atoms with Gasteiger partial charge in [0.25, 0.3) is 5.69 Å². The second-order valence-electron chi connectivity index (χ2n) is 20.3. The van der Waals surface area contributed by atoms with Crippen molar-refractivity contribution in [2.24, 2.45) is 0 Å². The number of unbranched alkanes of at least 4 members (excludes halogenated alkanes) is 14. The highest BCUT2D eigenvalue weighted by molar-refractivity contribution is 7.60. The second-order valence-corrected chi connectivity index (χ2v) is 31.9. The lowest BCUT2D eigenvalue weighted by molar-refractivity contribution is -0.384. The molecule has 0 aliphatic heterocycles. The van der Waals surface area contributed by atoms with Gasteiger partial charge in [-0.1, -0.05) is 211 Å². The lowest BCUT2D eigenvalue weighted by Gasteiger charge is -2.20. The lowest BCUT2D eigenvalue weighted by Crippen LogP contribution is -2.03. The van der Waals surface area contributed by atoms with Crippen molar-refractivity contribution in [2.75, 3.05) is 49.3 Å². The van der Waals surface area contributed by atoms with Gasteiger partial charge in [0, 0.05) is 61.4 Å². The quantitative estimate of drug-likeness (QED) is 0.0183. The van der Waals surface area contributed by atoms with E-state index >= 15 is 0 Å². The zero-order valence-electron chi connectivity index (χ0n) is 49.6. The summed E-state index contributed by atoms with van der Waals surface area (Å²) in [4.78, 5) is 10.2. The van der Waals surface area contributed by atoms with Gasteiger partial charge in [-0.15, -0.1) is 0 Å². The van der Waals surface area contributed by atoms with Gasteiger partial charge in [-0.2, -0.15) is 0 Å². The first-order chi connectivity index (χ1) is 37.9. The van der Waals surface area contributed by atoms with E-state index in [1.165, 1.54) is 24.3 Å². The highest BCUT2D eigenvalue weighted by Crippen LogP contribution is 2.53. The Morgan fingerprint density at radius 1 is 0.342 bits per heavy atom. The van der Waals surface area contributed by atoms with Crippen molar-refractivity contribution in [2.45, 2.75) is 197 Å². The van der Waals surface area contributed by atoms with Crippen LogP contribution in [0.25, 0.3) is 0 Å². The minimum absolute atomic E-state index is 0.0131. The molecule has 0 heterocycles. The van der Waals surface area contributed by atoms with Crippen LogP contribution >= 0.6 is 52.7 Å². The summed E-state index contributed by atoms with van der Waals surface area (Å²) < 4.78 is 74.9. The fourth-order valence-electron chi connectivity index (χ4n) is 8.12. The molecule has 0 aliphatic rings. The van der Waals surface area contributed by atoms with Crippen molar-refractivity contribution in [3.8, 4) is 23.0 Å². The minimum Gasteiger partial charge on any atom is -0.443 e. The topological polar surface area (TPSA) is 148 Å². The summed E-state index contributed by atoms with van der Waals surface area (Å²) >= 11 is 12.2. The van der Waals surface area contributed by atoms with E-state index in [0.29, 0.717) is 64.3 Å². The van der Waals surface area contributed by atoms with E-state index in [4.69, 9.17) is 41.3 Å². The van der Waals surface area contributed by atoms with E-state index in [-0.39, 0.29) is 5.69 Å². The Bertz CT molecular complexity index is 2320. The van der Waals surface area contributed by atoms with Gasteiger partial charge in [0.15, 0.2) is 0 Å². The van der Waals surface area contributed by atoms with Gasteiger partial charge in [-0.25, -0.2) is 0 Å². The van der Waals surface area contributed by atoms with Gasteiger partial charge in [-0.3, -0.25) is 28.4 Å². The number of halogens is 2. The van der Waals surface area contributed by atoms with Crippen LogP contribution in [0.15, 0.2) is 103 Å². The Hall–Kier alpha value is -3.02. The van der Waals surface area contributed by atoms with Gasteiger partial charge in [-0.05, 0) is 99.9 Å². The van der Waals surface area contributed by atoms with Crippen molar-refractivity contribution in [1.29, 1.82) is 0 Å². The Kier molecular flexibility index (Phi) is 41.7. The fourth-order valence-corrected chi connectivity index (χ4v) is 18.1.